The Bertz CT molecular complexity index is 571. The molecular weight excluding hydrogens is 254 g/mol. The lowest BCUT2D eigenvalue weighted by Gasteiger charge is -2.25. The molecule has 0 aliphatic carbocycles. The van der Waals surface area contributed by atoms with E-state index in [4.69, 9.17) is 19.9 Å². The standard InChI is InChI=1S/C16H17NO3/c17-9-14-11-19-15-7-6-13(8-16(15)20-14)18-10-12-4-2-1-3-5-12/h1-8,14H,9-11,17H2. The van der Waals surface area contributed by atoms with Gasteiger partial charge in [0, 0.05) is 12.6 Å². The highest BCUT2D eigenvalue weighted by molar-refractivity contribution is 5.46. The van der Waals surface area contributed by atoms with E-state index < -0.39 is 0 Å². The molecule has 20 heavy (non-hydrogen) atoms. The first kappa shape index (κ1) is 12.8. The van der Waals surface area contributed by atoms with Gasteiger partial charge in [0.25, 0.3) is 0 Å². The molecule has 3 rings (SSSR count). The second-order valence-electron chi connectivity index (χ2n) is 4.67. The average Bonchev–Trinajstić information content (AvgIpc) is 2.53. The monoisotopic (exact) mass is 271 g/mol. The molecule has 0 radical (unpaired) electrons. The van der Waals surface area contributed by atoms with Gasteiger partial charge in [-0.15, -0.1) is 0 Å². The Hall–Kier alpha value is -2.20. The van der Waals surface area contributed by atoms with Crippen molar-refractivity contribution >= 4 is 0 Å². The molecule has 1 atom stereocenters. The SMILES string of the molecule is NCC1COc2ccc(OCc3ccccc3)cc2O1. The molecule has 0 saturated carbocycles. The quantitative estimate of drug-likeness (QED) is 0.927. The minimum absolute atomic E-state index is 0.0909. The summed E-state index contributed by atoms with van der Waals surface area (Å²) in [6, 6.07) is 15.6. The summed E-state index contributed by atoms with van der Waals surface area (Å²) in [4.78, 5) is 0. The maximum Gasteiger partial charge on any atom is 0.165 e. The van der Waals surface area contributed by atoms with Crippen LogP contribution in [-0.2, 0) is 6.61 Å². The molecule has 2 aromatic rings. The molecule has 1 unspecified atom stereocenters. The van der Waals surface area contributed by atoms with Crippen LogP contribution in [0.1, 0.15) is 5.56 Å². The van der Waals surface area contributed by atoms with Crippen LogP contribution in [0.4, 0.5) is 0 Å². The number of fused-ring (bicyclic) bond motifs is 1. The van der Waals surface area contributed by atoms with Crippen LogP contribution in [0.2, 0.25) is 0 Å². The Morgan fingerprint density at radius 2 is 1.95 bits per heavy atom. The smallest absolute Gasteiger partial charge is 0.165 e. The molecule has 0 saturated heterocycles. The minimum Gasteiger partial charge on any atom is -0.489 e. The summed E-state index contributed by atoms with van der Waals surface area (Å²) in [6.07, 6.45) is -0.0909. The van der Waals surface area contributed by atoms with E-state index in [0.717, 1.165) is 17.1 Å². The van der Waals surface area contributed by atoms with Gasteiger partial charge in [-0.3, -0.25) is 0 Å². The molecule has 0 spiro atoms. The Morgan fingerprint density at radius 3 is 2.75 bits per heavy atom. The maximum atomic E-state index is 5.76. The first-order valence-corrected chi connectivity index (χ1v) is 6.65. The molecule has 1 heterocycles. The molecule has 0 fully saturated rings. The first-order valence-electron chi connectivity index (χ1n) is 6.65. The van der Waals surface area contributed by atoms with Crippen molar-refractivity contribution in [3.8, 4) is 17.2 Å². The van der Waals surface area contributed by atoms with Gasteiger partial charge in [-0.05, 0) is 17.7 Å². The van der Waals surface area contributed by atoms with Crippen molar-refractivity contribution in [3.05, 3.63) is 54.1 Å². The van der Waals surface area contributed by atoms with E-state index in [-0.39, 0.29) is 6.10 Å². The minimum atomic E-state index is -0.0909. The summed E-state index contributed by atoms with van der Waals surface area (Å²) in [5.41, 5.74) is 6.72. The van der Waals surface area contributed by atoms with Gasteiger partial charge in [0.1, 0.15) is 25.1 Å². The number of hydrogen-bond acceptors (Lipinski definition) is 4. The highest BCUT2D eigenvalue weighted by Gasteiger charge is 2.20. The summed E-state index contributed by atoms with van der Waals surface area (Å²) in [5.74, 6) is 2.19. The van der Waals surface area contributed by atoms with E-state index in [1.54, 1.807) is 0 Å². The summed E-state index contributed by atoms with van der Waals surface area (Å²) < 4.78 is 17.1. The number of benzene rings is 2. The highest BCUT2D eigenvalue weighted by atomic mass is 16.6. The van der Waals surface area contributed by atoms with E-state index in [1.165, 1.54) is 0 Å². The van der Waals surface area contributed by atoms with E-state index in [1.807, 2.05) is 48.5 Å². The third-order valence-electron chi connectivity index (χ3n) is 3.14. The second-order valence-corrected chi connectivity index (χ2v) is 4.67. The lowest BCUT2D eigenvalue weighted by molar-refractivity contribution is 0.0962. The van der Waals surface area contributed by atoms with Gasteiger partial charge in [0.2, 0.25) is 0 Å². The van der Waals surface area contributed by atoms with Gasteiger partial charge in [-0.2, -0.15) is 0 Å². The Balaban J connectivity index is 1.69. The normalized spacial score (nSPS) is 16.8. The van der Waals surface area contributed by atoms with Crippen molar-refractivity contribution in [2.75, 3.05) is 13.2 Å². The number of rotatable bonds is 4. The Kier molecular flexibility index (Phi) is 3.74. The van der Waals surface area contributed by atoms with Crippen LogP contribution >= 0.6 is 0 Å². The van der Waals surface area contributed by atoms with Crippen LogP contribution in [0.3, 0.4) is 0 Å². The number of nitrogens with two attached hydrogens (primary N) is 1. The molecule has 1 aliphatic heterocycles. The number of ether oxygens (including phenoxy) is 3. The molecule has 2 N–H and O–H groups in total. The average molecular weight is 271 g/mol. The Morgan fingerprint density at radius 1 is 1.10 bits per heavy atom. The van der Waals surface area contributed by atoms with Gasteiger partial charge in [0.05, 0.1) is 0 Å². The van der Waals surface area contributed by atoms with Crippen molar-refractivity contribution in [3.63, 3.8) is 0 Å². The molecule has 104 valence electrons. The highest BCUT2D eigenvalue weighted by Crippen LogP contribution is 2.35. The first-order chi connectivity index (χ1) is 9.85. The lowest BCUT2D eigenvalue weighted by Crippen LogP contribution is -2.35. The molecule has 0 amide bonds. The zero-order valence-electron chi connectivity index (χ0n) is 11.1. The summed E-state index contributed by atoms with van der Waals surface area (Å²) >= 11 is 0. The largest absolute Gasteiger partial charge is 0.489 e. The van der Waals surface area contributed by atoms with Crippen molar-refractivity contribution in [2.24, 2.45) is 5.73 Å². The predicted molar refractivity (Wildman–Crippen MR) is 76.2 cm³/mol. The zero-order chi connectivity index (χ0) is 13.8. The molecule has 1 aliphatic rings. The molecule has 4 nitrogen and oxygen atoms in total. The molecule has 4 heteroatoms. The lowest BCUT2D eigenvalue weighted by atomic mass is 10.2. The third kappa shape index (κ3) is 2.86. The fraction of sp³-hybridized carbons (Fsp3) is 0.250. The molecule has 0 bridgehead atoms. The zero-order valence-corrected chi connectivity index (χ0v) is 11.1. The summed E-state index contributed by atoms with van der Waals surface area (Å²) in [6.45, 7) is 1.46. The van der Waals surface area contributed by atoms with Crippen molar-refractivity contribution in [1.29, 1.82) is 0 Å². The third-order valence-corrected chi connectivity index (χ3v) is 3.14. The van der Waals surface area contributed by atoms with Crippen LogP contribution in [0, 0.1) is 0 Å². The van der Waals surface area contributed by atoms with E-state index in [0.29, 0.717) is 25.5 Å². The summed E-state index contributed by atoms with van der Waals surface area (Å²) in [7, 11) is 0. The second kappa shape index (κ2) is 5.84. The van der Waals surface area contributed by atoms with Crippen molar-refractivity contribution < 1.29 is 14.2 Å². The summed E-state index contributed by atoms with van der Waals surface area (Å²) in [5, 5.41) is 0. The van der Waals surface area contributed by atoms with Crippen LogP contribution in [-0.4, -0.2) is 19.3 Å². The van der Waals surface area contributed by atoms with E-state index in [2.05, 4.69) is 0 Å². The Labute approximate surface area is 118 Å². The van der Waals surface area contributed by atoms with Gasteiger partial charge < -0.3 is 19.9 Å². The van der Waals surface area contributed by atoms with E-state index in [9.17, 15) is 0 Å². The molecular formula is C16H17NO3. The van der Waals surface area contributed by atoms with Gasteiger partial charge in [0.15, 0.2) is 11.5 Å². The van der Waals surface area contributed by atoms with Crippen LogP contribution in [0.25, 0.3) is 0 Å². The van der Waals surface area contributed by atoms with Crippen LogP contribution in [0.15, 0.2) is 48.5 Å². The maximum absolute atomic E-state index is 5.76. The van der Waals surface area contributed by atoms with Gasteiger partial charge in [-0.1, -0.05) is 30.3 Å². The van der Waals surface area contributed by atoms with Gasteiger partial charge in [-0.25, -0.2) is 0 Å². The molecule has 0 aromatic heterocycles. The number of hydrogen-bond donors (Lipinski definition) is 1. The fourth-order valence-corrected chi connectivity index (χ4v) is 2.04. The predicted octanol–water partition coefficient (Wildman–Crippen LogP) is 2.36. The topological polar surface area (TPSA) is 53.7 Å². The van der Waals surface area contributed by atoms with Gasteiger partial charge >= 0.3 is 0 Å². The van der Waals surface area contributed by atoms with Crippen LogP contribution in [0.5, 0.6) is 17.2 Å². The van der Waals surface area contributed by atoms with Crippen molar-refractivity contribution in [1.82, 2.24) is 0 Å². The molecule has 2 aromatic carbocycles. The van der Waals surface area contributed by atoms with Crippen molar-refractivity contribution in [2.45, 2.75) is 12.7 Å². The van der Waals surface area contributed by atoms with E-state index >= 15 is 0 Å². The fourth-order valence-electron chi connectivity index (χ4n) is 2.04. The van der Waals surface area contributed by atoms with Crippen LogP contribution < -0.4 is 19.9 Å².